The number of rotatable bonds is 3. The fourth-order valence-corrected chi connectivity index (χ4v) is 3.56. The lowest BCUT2D eigenvalue weighted by Gasteiger charge is -2.39. The predicted octanol–water partition coefficient (Wildman–Crippen LogP) is 2.21. The molecule has 0 unspecified atom stereocenters. The van der Waals surface area contributed by atoms with Gasteiger partial charge in [0, 0.05) is 37.6 Å². The first kappa shape index (κ1) is 15.1. The molecule has 5 nitrogen and oxygen atoms in total. The highest BCUT2D eigenvalue weighted by Crippen LogP contribution is 2.29. The zero-order valence-electron chi connectivity index (χ0n) is 13.9. The number of nitrogens with zero attached hydrogens (tertiary/aromatic N) is 3. The summed E-state index contributed by atoms with van der Waals surface area (Å²) in [5.41, 5.74) is 8.75. The molecule has 2 aromatic rings. The molecule has 2 aliphatic rings. The Kier molecular flexibility index (Phi) is 3.73. The van der Waals surface area contributed by atoms with Gasteiger partial charge in [0.2, 0.25) is 0 Å². The Morgan fingerprint density at radius 1 is 1.25 bits per heavy atom. The first-order chi connectivity index (χ1) is 11.6. The molecule has 1 amide bonds. The molecule has 1 saturated carbocycles. The number of hydrogen-bond acceptors (Lipinski definition) is 4. The second-order valence-electron chi connectivity index (χ2n) is 6.74. The molecule has 24 heavy (non-hydrogen) atoms. The molecule has 0 radical (unpaired) electrons. The topological polar surface area (TPSA) is 62.5 Å². The standard InChI is InChI=1S/C19H22N4O/c1-22(16-10-15(20)11-16)18-7-6-14(12-21-18)19(24)23-9-8-13-4-2-3-5-17(13)23/h2-7,12,15-16H,8-11,20H2,1H3. The van der Waals surface area contributed by atoms with Crippen molar-refractivity contribution in [1.29, 1.82) is 0 Å². The van der Waals surface area contributed by atoms with Crippen molar-refractivity contribution in [3.8, 4) is 0 Å². The van der Waals surface area contributed by atoms with Crippen LogP contribution in [0.4, 0.5) is 11.5 Å². The Balaban J connectivity index is 1.50. The third-order valence-corrected chi connectivity index (χ3v) is 5.19. The highest BCUT2D eigenvalue weighted by molar-refractivity contribution is 6.07. The van der Waals surface area contributed by atoms with E-state index in [1.165, 1.54) is 5.56 Å². The van der Waals surface area contributed by atoms with Crippen molar-refractivity contribution in [1.82, 2.24) is 4.98 Å². The van der Waals surface area contributed by atoms with E-state index >= 15 is 0 Å². The summed E-state index contributed by atoms with van der Waals surface area (Å²) < 4.78 is 0. The molecule has 1 fully saturated rings. The van der Waals surface area contributed by atoms with Gasteiger partial charge in [-0.15, -0.1) is 0 Å². The summed E-state index contributed by atoms with van der Waals surface area (Å²) in [4.78, 5) is 21.3. The molecular weight excluding hydrogens is 300 g/mol. The lowest BCUT2D eigenvalue weighted by Crippen LogP contribution is -2.49. The van der Waals surface area contributed by atoms with E-state index in [-0.39, 0.29) is 5.91 Å². The molecule has 0 saturated heterocycles. The maximum atomic E-state index is 12.8. The number of fused-ring (bicyclic) bond motifs is 1. The average Bonchev–Trinajstić information content (AvgIpc) is 3.02. The van der Waals surface area contributed by atoms with Crippen molar-refractivity contribution in [3.63, 3.8) is 0 Å². The van der Waals surface area contributed by atoms with Crippen molar-refractivity contribution in [3.05, 3.63) is 53.7 Å². The van der Waals surface area contributed by atoms with Crippen molar-refractivity contribution in [2.75, 3.05) is 23.4 Å². The van der Waals surface area contributed by atoms with Crippen molar-refractivity contribution in [2.24, 2.45) is 5.73 Å². The summed E-state index contributed by atoms with van der Waals surface area (Å²) in [5.74, 6) is 0.914. The molecule has 1 aliphatic heterocycles. The molecule has 124 valence electrons. The Labute approximate surface area is 142 Å². The number of nitrogens with two attached hydrogens (primary N) is 1. The van der Waals surface area contributed by atoms with E-state index in [9.17, 15) is 4.79 Å². The molecule has 1 aromatic carbocycles. The van der Waals surface area contributed by atoms with Gasteiger partial charge in [0.1, 0.15) is 5.82 Å². The van der Waals surface area contributed by atoms with Gasteiger partial charge in [0.15, 0.2) is 0 Å². The molecule has 0 bridgehead atoms. The van der Waals surface area contributed by atoms with Crippen LogP contribution in [0.2, 0.25) is 0 Å². The Morgan fingerprint density at radius 2 is 2.04 bits per heavy atom. The van der Waals surface area contributed by atoms with E-state index in [0.717, 1.165) is 37.3 Å². The van der Waals surface area contributed by atoms with Gasteiger partial charge in [-0.1, -0.05) is 18.2 Å². The summed E-state index contributed by atoms with van der Waals surface area (Å²) in [7, 11) is 2.04. The molecule has 4 rings (SSSR count). The first-order valence-corrected chi connectivity index (χ1v) is 8.47. The summed E-state index contributed by atoms with van der Waals surface area (Å²) in [6.45, 7) is 0.736. The lowest BCUT2D eigenvalue weighted by molar-refractivity contribution is 0.0989. The summed E-state index contributed by atoms with van der Waals surface area (Å²) in [6, 6.07) is 12.7. The van der Waals surface area contributed by atoms with E-state index < -0.39 is 0 Å². The zero-order valence-corrected chi connectivity index (χ0v) is 13.9. The van der Waals surface area contributed by atoms with Gasteiger partial charge in [0.05, 0.1) is 5.56 Å². The first-order valence-electron chi connectivity index (χ1n) is 8.47. The molecule has 2 heterocycles. The van der Waals surface area contributed by atoms with Gasteiger partial charge >= 0.3 is 0 Å². The number of aromatic nitrogens is 1. The zero-order chi connectivity index (χ0) is 16.7. The quantitative estimate of drug-likeness (QED) is 0.941. The van der Waals surface area contributed by atoms with Crippen LogP contribution >= 0.6 is 0 Å². The van der Waals surface area contributed by atoms with Crippen LogP contribution in [0, 0.1) is 0 Å². The highest BCUT2D eigenvalue weighted by atomic mass is 16.2. The van der Waals surface area contributed by atoms with Crippen LogP contribution in [0.3, 0.4) is 0 Å². The number of carbonyl (C=O) groups is 1. The summed E-state index contributed by atoms with van der Waals surface area (Å²) in [6.07, 6.45) is 4.61. The van der Waals surface area contributed by atoms with Gasteiger partial charge in [-0.05, 0) is 43.0 Å². The van der Waals surface area contributed by atoms with Crippen molar-refractivity contribution < 1.29 is 4.79 Å². The minimum Gasteiger partial charge on any atom is -0.357 e. The van der Waals surface area contributed by atoms with Gasteiger partial charge in [0.25, 0.3) is 5.91 Å². The van der Waals surface area contributed by atoms with Gasteiger partial charge in [-0.25, -0.2) is 4.98 Å². The fraction of sp³-hybridized carbons (Fsp3) is 0.368. The van der Waals surface area contributed by atoms with Crippen LogP contribution < -0.4 is 15.5 Å². The molecule has 2 N–H and O–H groups in total. The van der Waals surface area contributed by atoms with Crippen LogP contribution in [-0.2, 0) is 6.42 Å². The SMILES string of the molecule is CN(c1ccc(C(=O)N2CCc3ccccc32)cn1)C1CC(N)C1. The third kappa shape index (κ3) is 2.55. The maximum Gasteiger partial charge on any atom is 0.259 e. The van der Waals surface area contributed by atoms with Gasteiger partial charge < -0.3 is 15.5 Å². The highest BCUT2D eigenvalue weighted by Gasteiger charge is 2.30. The minimum absolute atomic E-state index is 0.0207. The number of amides is 1. The second kappa shape index (κ2) is 5.91. The molecule has 1 aliphatic carbocycles. The van der Waals surface area contributed by atoms with Crippen LogP contribution in [-0.4, -0.2) is 36.6 Å². The number of anilines is 2. The van der Waals surface area contributed by atoms with E-state index in [0.29, 0.717) is 17.6 Å². The van der Waals surface area contributed by atoms with E-state index in [4.69, 9.17) is 5.73 Å². The largest absolute Gasteiger partial charge is 0.357 e. The Hall–Kier alpha value is -2.40. The average molecular weight is 322 g/mol. The van der Waals surface area contributed by atoms with Crippen LogP contribution in [0.5, 0.6) is 0 Å². The van der Waals surface area contributed by atoms with Gasteiger partial charge in [-0.3, -0.25) is 4.79 Å². The normalized spacial score (nSPS) is 22.0. The number of benzene rings is 1. The molecule has 0 atom stereocenters. The van der Waals surface area contributed by atoms with E-state index in [1.807, 2.05) is 42.3 Å². The lowest BCUT2D eigenvalue weighted by atomic mass is 9.86. The molecule has 0 spiro atoms. The maximum absolute atomic E-state index is 12.8. The predicted molar refractivity (Wildman–Crippen MR) is 95.5 cm³/mol. The number of carbonyl (C=O) groups excluding carboxylic acids is 1. The minimum atomic E-state index is 0.0207. The van der Waals surface area contributed by atoms with E-state index in [1.54, 1.807) is 6.20 Å². The number of pyridine rings is 1. The third-order valence-electron chi connectivity index (χ3n) is 5.19. The van der Waals surface area contributed by atoms with Crippen molar-refractivity contribution >= 4 is 17.4 Å². The summed E-state index contributed by atoms with van der Waals surface area (Å²) in [5, 5.41) is 0. The monoisotopic (exact) mass is 322 g/mol. The van der Waals surface area contributed by atoms with Gasteiger partial charge in [-0.2, -0.15) is 0 Å². The number of hydrogen-bond donors (Lipinski definition) is 1. The van der Waals surface area contributed by atoms with Crippen LogP contribution in [0.15, 0.2) is 42.6 Å². The van der Waals surface area contributed by atoms with Crippen molar-refractivity contribution in [2.45, 2.75) is 31.3 Å². The molecule has 5 heteroatoms. The van der Waals surface area contributed by atoms with Crippen LogP contribution in [0.25, 0.3) is 0 Å². The summed E-state index contributed by atoms with van der Waals surface area (Å²) >= 11 is 0. The second-order valence-corrected chi connectivity index (χ2v) is 6.74. The van der Waals surface area contributed by atoms with Crippen LogP contribution in [0.1, 0.15) is 28.8 Å². The smallest absolute Gasteiger partial charge is 0.259 e. The number of para-hydroxylation sites is 1. The Morgan fingerprint density at radius 3 is 2.75 bits per heavy atom. The fourth-order valence-electron chi connectivity index (χ4n) is 3.56. The van der Waals surface area contributed by atoms with E-state index in [2.05, 4.69) is 16.0 Å². The Bertz CT molecular complexity index is 752. The molecular formula is C19H22N4O. The molecule has 1 aromatic heterocycles.